The van der Waals surface area contributed by atoms with Crippen LogP contribution in [0, 0.1) is 20.8 Å². The standard InChI is InChI=1S/C18H20O2/c1-13-4-6-16(7-5-13)8-9-18(19)20-17-11-14(2)10-15(3)12-17/h4-7,10-12H,8-9H2,1-3H3. The molecule has 0 fully saturated rings. The molecule has 0 saturated heterocycles. The molecule has 0 atom stereocenters. The lowest BCUT2D eigenvalue weighted by Crippen LogP contribution is -2.09. The molecule has 0 unspecified atom stereocenters. The van der Waals surface area contributed by atoms with Gasteiger partial charge in [-0.1, -0.05) is 35.9 Å². The highest BCUT2D eigenvalue weighted by Crippen LogP contribution is 2.17. The van der Waals surface area contributed by atoms with Gasteiger partial charge >= 0.3 is 5.97 Å². The van der Waals surface area contributed by atoms with Gasteiger partial charge in [-0.3, -0.25) is 4.79 Å². The normalized spacial score (nSPS) is 10.3. The van der Waals surface area contributed by atoms with Gasteiger partial charge in [0.1, 0.15) is 5.75 Å². The number of ether oxygens (including phenoxy) is 1. The maximum absolute atomic E-state index is 11.9. The van der Waals surface area contributed by atoms with E-state index in [1.807, 2.05) is 26.0 Å². The van der Waals surface area contributed by atoms with E-state index in [2.05, 4.69) is 37.3 Å². The fourth-order valence-corrected chi connectivity index (χ4v) is 2.18. The maximum Gasteiger partial charge on any atom is 0.311 e. The maximum atomic E-state index is 11.9. The topological polar surface area (TPSA) is 26.3 Å². The average molecular weight is 268 g/mol. The van der Waals surface area contributed by atoms with Gasteiger partial charge in [-0.05, 0) is 56.0 Å². The van der Waals surface area contributed by atoms with Gasteiger partial charge in [0.25, 0.3) is 0 Å². The van der Waals surface area contributed by atoms with Crippen molar-refractivity contribution >= 4 is 5.97 Å². The molecular formula is C18H20O2. The smallest absolute Gasteiger partial charge is 0.311 e. The van der Waals surface area contributed by atoms with Crippen LogP contribution in [0.1, 0.15) is 28.7 Å². The highest BCUT2D eigenvalue weighted by atomic mass is 16.5. The third-order valence-corrected chi connectivity index (χ3v) is 3.17. The van der Waals surface area contributed by atoms with Gasteiger partial charge < -0.3 is 4.74 Å². The molecule has 0 radical (unpaired) electrons. The van der Waals surface area contributed by atoms with Crippen molar-refractivity contribution in [2.45, 2.75) is 33.6 Å². The van der Waals surface area contributed by atoms with Crippen molar-refractivity contribution in [1.29, 1.82) is 0 Å². The minimum atomic E-state index is -0.185. The third kappa shape index (κ3) is 4.23. The Kier molecular flexibility index (Phi) is 4.57. The molecular weight excluding hydrogens is 248 g/mol. The van der Waals surface area contributed by atoms with Crippen LogP contribution in [-0.2, 0) is 11.2 Å². The Morgan fingerprint density at radius 2 is 1.50 bits per heavy atom. The second-order valence-electron chi connectivity index (χ2n) is 5.28. The van der Waals surface area contributed by atoms with Crippen molar-refractivity contribution < 1.29 is 9.53 Å². The average Bonchev–Trinajstić information content (AvgIpc) is 2.37. The summed E-state index contributed by atoms with van der Waals surface area (Å²) in [6.07, 6.45) is 1.11. The van der Waals surface area contributed by atoms with Crippen LogP contribution in [0.3, 0.4) is 0 Å². The van der Waals surface area contributed by atoms with Crippen molar-refractivity contribution in [1.82, 2.24) is 0 Å². The molecule has 0 aliphatic rings. The number of rotatable bonds is 4. The lowest BCUT2D eigenvalue weighted by atomic mass is 10.1. The van der Waals surface area contributed by atoms with Crippen molar-refractivity contribution in [2.75, 3.05) is 0 Å². The Bertz CT molecular complexity index is 577. The molecule has 0 N–H and O–H groups in total. The first-order chi connectivity index (χ1) is 9.52. The minimum Gasteiger partial charge on any atom is -0.427 e. The number of hydrogen-bond acceptors (Lipinski definition) is 2. The first-order valence-electron chi connectivity index (χ1n) is 6.87. The van der Waals surface area contributed by atoms with E-state index in [9.17, 15) is 4.79 Å². The summed E-state index contributed by atoms with van der Waals surface area (Å²) in [7, 11) is 0. The van der Waals surface area contributed by atoms with E-state index in [1.165, 1.54) is 5.56 Å². The quantitative estimate of drug-likeness (QED) is 0.615. The summed E-state index contributed by atoms with van der Waals surface area (Å²) in [5.74, 6) is 0.451. The zero-order valence-electron chi connectivity index (χ0n) is 12.3. The van der Waals surface area contributed by atoms with Gasteiger partial charge in [0, 0.05) is 6.42 Å². The van der Waals surface area contributed by atoms with Crippen LogP contribution in [0.15, 0.2) is 42.5 Å². The molecule has 2 aromatic rings. The second kappa shape index (κ2) is 6.38. The van der Waals surface area contributed by atoms with E-state index in [-0.39, 0.29) is 5.97 Å². The summed E-state index contributed by atoms with van der Waals surface area (Å²) in [5.41, 5.74) is 4.59. The highest BCUT2D eigenvalue weighted by molar-refractivity contribution is 5.72. The van der Waals surface area contributed by atoms with Crippen molar-refractivity contribution in [3.05, 3.63) is 64.7 Å². The molecule has 2 nitrogen and oxygen atoms in total. The van der Waals surface area contributed by atoms with Crippen LogP contribution in [0.2, 0.25) is 0 Å². The number of carbonyl (C=O) groups excluding carboxylic acids is 1. The zero-order valence-corrected chi connectivity index (χ0v) is 12.3. The first kappa shape index (κ1) is 14.3. The Hall–Kier alpha value is -2.09. The molecule has 104 valence electrons. The Labute approximate surface area is 120 Å². The van der Waals surface area contributed by atoms with Crippen LogP contribution < -0.4 is 4.74 Å². The predicted octanol–water partition coefficient (Wildman–Crippen LogP) is 4.15. The number of carbonyl (C=O) groups is 1. The molecule has 20 heavy (non-hydrogen) atoms. The van der Waals surface area contributed by atoms with Gasteiger partial charge in [0.05, 0.1) is 0 Å². The van der Waals surface area contributed by atoms with E-state index in [4.69, 9.17) is 4.74 Å². The second-order valence-corrected chi connectivity index (χ2v) is 5.28. The van der Waals surface area contributed by atoms with Gasteiger partial charge in [-0.15, -0.1) is 0 Å². The molecule has 0 bridgehead atoms. The van der Waals surface area contributed by atoms with Crippen molar-refractivity contribution in [3.8, 4) is 5.75 Å². The predicted molar refractivity (Wildman–Crippen MR) is 81.1 cm³/mol. The van der Waals surface area contributed by atoms with E-state index in [0.717, 1.165) is 16.7 Å². The summed E-state index contributed by atoms with van der Waals surface area (Å²) in [6, 6.07) is 14.1. The monoisotopic (exact) mass is 268 g/mol. The van der Waals surface area contributed by atoms with Crippen LogP contribution in [0.5, 0.6) is 5.75 Å². The van der Waals surface area contributed by atoms with Gasteiger partial charge in [0.2, 0.25) is 0 Å². The fourth-order valence-electron chi connectivity index (χ4n) is 2.18. The van der Waals surface area contributed by atoms with E-state index >= 15 is 0 Å². The fraction of sp³-hybridized carbons (Fsp3) is 0.278. The number of hydrogen-bond donors (Lipinski definition) is 0. The molecule has 0 aromatic heterocycles. The molecule has 2 heteroatoms. The van der Waals surface area contributed by atoms with Gasteiger partial charge in [0.15, 0.2) is 0 Å². The largest absolute Gasteiger partial charge is 0.427 e. The van der Waals surface area contributed by atoms with Crippen LogP contribution in [0.25, 0.3) is 0 Å². The summed E-state index contributed by atoms with van der Waals surface area (Å²) in [4.78, 5) is 11.9. The van der Waals surface area contributed by atoms with E-state index < -0.39 is 0 Å². The minimum absolute atomic E-state index is 0.185. The van der Waals surface area contributed by atoms with E-state index in [1.54, 1.807) is 0 Å². The number of benzene rings is 2. The molecule has 0 spiro atoms. The summed E-state index contributed by atoms with van der Waals surface area (Å²) in [5, 5.41) is 0. The summed E-state index contributed by atoms with van der Waals surface area (Å²) < 4.78 is 5.38. The molecule has 0 aliphatic heterocycles. The highest BCUT2D eigenvalue weighted by Gasteiger charge is 2.06. The van der Waals surface area contributed by atoms with Crippen molar-refractivity contribution in [3.63, 3.8) is 0 Å². The third-order valence-electron chi connectivity index (χ3n) is 3.17. The Morgan fingerprint density at radius 3 is 2.10 bits per heavy atom. The lowest BCUT2D eigenvalue weighted by Gasteiger charge is -2.07. The first-order valence-corrected chi connectivity index (χ1v) is 6.87. The summed E-state index contributed by atoms with van der Waals surface area (Å²) >= 11 is 0. The Morgan fingerprint density at radius 1 is 0.900 bits per heavy atom. The number of aryl methyl sites for hydroxylation is 4. The Balaban J connectivity index is 1.90. The van der Waals surface area contributed by atoms with Crippen LogP contribution >= 0.6 is 0 Å². The molecule has 2 aromatic carbocycles. The molecule has 0 amide bonds. The molecule has 0 saturated carbocycles. The van der Waals surface area contributed by atoms with Gasteiger partial charge in [-0.2, -0.15) is 0 Å². The zero-order chi connectivity index (χ0) is 14.5. The van der Waals surface area contributed by atoms with Crippen LogP contribution in [0.4, 0.5) is 0 Å². The molecule has 2 rings (SSSR count). The summed E-state index contributed by atoms with van der Waals surface area (Å²) in [6.45, 7) is 6.05. The van der Waals surface area contributed by atoms with Crippen LogP contribution in [-0.4, -0.2) is 5.97 Å². The molecule has 0 aliphatic carbocycles. The van der Waals surface area contributed by atoms with Gasteiger partial charge in [-0.25, -0.2) is 0 Å². The molecule has 0 heterocycles. The number of esters is 1. The SMILES string of the molecule is Cc1ccc(CCC(=O)Oc2cc(C)cc(C)c2)cc1. The van der Waals surface area contributed by atoms with Crippen molar-refractivity contribution in [2.24, 2.45) is 0 Å². The van der Waals surface area contributed by atoms with E-state index in [0.29, 0.717) is 18.6 Å². The lowest BCUT2D eigenvalue weighted by molar-refractivity contribution is -0.134.